The molecule has 0 aliphatic rings. The van der Waals surface area contributed by atoms with E-state index in [0.717, 1.165) is 0 Å². The highest BCUT2D eigenvalue weighted by molar-refractivity contribution is 6.29. The van der Waals surface area contributed by atoms with Crippen LogP contribution in [0.3, 0.4) is 0 Å². The fourth-order valence-electron chi connectivity index (χ4n) is 10.1. The molecule has 0 radical (unpaired) electrons. The van der Waals surface area contributed by atoms with Gasteiger partial charge in [0.05, 0.1) is 40.3 Å². The zero-order valence-electron chi connectivity index (χ0n) is 50.5. The minimum absolute atomic E-state index is 1.37. The summed E-state index contributed by atoms with van der Waals surface area (Å²) in [6, 6.07) is 0. The van der Waals surface area contributed by atoms with Crippen molar-refractivity contribution in [3.8, 4) is 5.75 Å². The molecule has 0 unspecified atom stereocenters. The first kappa shape index (κ1) is 75.6. The number of rotatable bonds is 54. The molecule has 446 valence electrons. The minimum atomic E-state index is -3.20. The van der Waals surface area contributed by atoms with Gasteiger partial charge >= 0.3 is 0 Å². The zero-order chi connectivity index (χ0) is 55.7. The molecule has 0 saturated carbocycles. The Bertz CT molecular complexity index is 1160. The Morgan fingerprint density at radius 2 is 0.413 bits per heavy atom. The Balaban J connectivity index is 0. The van der Waals surface area contributed by atoms with E-state index in [0.29, 0.717) is 0 Å². The first-order valence-electron chi connectivity index (χ1n) is 32.6. The molecule has 2 N–H and O–H groups in total. The van der Waals surface area contributed by atoms with Crippen LogP contribution < -0.4 is 24.5 Å². The Labute approximate surface area is 463 Å². The highest BCUT2D eigenvalue weighted by atomic mass is 19.2. The van der Waals surface area contributed by atoms with E-state index in [1.807, 2.05) is 0 Å². The Kier molecular flexibility index (Phi) is 60.7. The molecule has 0 bridgehead atoms. The van der Waals surface area contributed by atoms with E-state index >= 15 is 0 Å². The number of halogens is 5. The van der Waals surface area contributed by atoms with Gasteiger partial charge in [0.25, 0.3) is 0 Å². The summed E-state index contributed by atoms with van der Waals surface area (Å²) in [5, 5.41) is 19.7. The quantitative estimate of drug-likeness (QED) is 0.0225. The summed E-state index contributed by atoms with van der Waals surface area (Å²) in [5.74, 6) is -13.6. The molecule has 1 aromatic rings. The third-order valence-corrected chi connectivity index (χ3v) is 15.2. The van der Waals surface area contributed by atoms with Crippen molar-refractivity contribution < 1.29 is 46.5 Å². The second-order valence-electron chi connectivity index (χ2n) is 22.8. The van der Waals surface area contributed by atoms with Crippen molar-refractivity contribution >= 4 is 7.32 Å². The summed E-state index contributed by atoms with van der Waals surface area (Å²) in [5.41, 5.74) is 0. The van der Waals surface area contributed by atoms with Crippen LogP contribution in [0.2, 0.25) is 0 Å². The second kappa shape index (κ2) is 60.2. The highest BCUT2D eigenvalue weighted by Gasteiger charge is 2.26. The Hall–Kier alpha value is -1.43. The number of benzene rings is 1. The van der Waals surface area contributed by atoms with Gasteiger partial charge in [-0.15, -0.1) is 0 Å². The third-order valence-electron chi connectivity index (χ3n) is 15.2. The molecule has 11 heteroatoms. The van der Waals surface area contributed by atoms with Gasteiger partial charge < -0.3 is 24.5 Å². The van der Waals surface area contributed by atoms with E-state index < -0.39 is 42.2 Å². The summed E-state index contributed by atoms with van der Waals surface area (Å²) >= 11 is 0. The summed E-state index contributed by atoms with van der Waals surface area (Å²) < 4.78 is 65.9. The SMILES string of the molecule is CCCCCCCCCCCCCC[NH+](C)CCCCCCCCCCCCCC.CCCCCCCCCCCCCC[NH+](C)CCCCCCCCCCCCCC.[O-]B([O-])Oc1c(F)c(F)c(F)c(F)c1F. The maximum absolute atomic E-state index is 12.6. The van der Waals surface area contributed by atoms with E-state index in [4.69, 9.17) is 0 Å². The van der Waals surface area contributed by atoms with Crippen LogP contribution in [0.15, 0.2) is 0 Å². The molecule has 0 fully saturated rings. The molecule has 0 spiro atoms. The number of hydrogen-bond donors (Lipinski definition) is 2. The van der Waals surface area contributed by atoms with Crippen molar-refractivity contribution in [3.63, 3.8) is 0 Å². The van der Waals surface area contributed by atoms with Crippen LogP contribution in [0, 0.1) is 29.1 Å². The molecule has 0 amide bonds. The highest BCUT2D eigenvalue weighted by Crippen LogP contribution is 2.29. The van der Waals surface area contributed by atoms with Crippen molar-refractivity contribution in [1.29, 1.82) is 0 Å². The Morgan fingerprint density at radius 3 is 0.573 bits per heavy atom. The van der Waals surface area contributed by atoms with E-state index in [1.165, 1.54) is 334 Å². The van der Waals surface area contributed by atoms with Gasteiger partial charge in [-0.05, 0) is 51.4 Å². The number of hydrogen-bond acceptors (Lipinski definition) is 3. The molecular formula is C64H124BF5N2O3. The summed E-state index contributed by atoms with van der Waals surface area (Å²) in [6.45, 7) is 14.8. The van der Waals surface area contributed by atoms with Gasteiger partial charge in [0.15, 0.2) is 5.75 Å². The molecule has 0 atom stereocenters. The first-order valence-corrected chi connectivity index (χ1v) is 32.6. The van der Waals surface area contributed by atoms with Crippen LogP contribution in [0.1, 0.15) is 336 Å². The van der Waals surface area contributed by atoms with Crippen molar-refractivity contribution in [2.45, 2.75) is 336 Å². The van der Waals surface area contributed by atoms with Crippen LogP contribution >= 0.6 is 0 Å². The largest absolute Gasteiger partial charge is 0.860 e. The lowest BCUT2D eigenvalue weighted by atomic mass is 10.0. The van der Waals surface area contributed by atoms with Gasteiger partial charge in [-0.2, -0.15) is 8.78 Å². The van der Waals surface area contributed by atoms with Crippen LogP contribution in [-0.4, -0.2) is 47.6 Å². The molecule has 0 aromatic heterocycles. The fraction of sp³-hybridized carbons (Fsp3) is 0.906. The lowest BCUT2D eigenvalue weighted by molar-refractivity contribution is -0.880. The monoisotopic (exact) mass is 1070 g/mol. The van der Waals surface area contributed by atoms with Crippen molar-refractivity contribution in [3.05, 3.63) is 29.1 Å². The maximum Gasteiger partial charge on any atom is 0.205 e. The average molecular weight is 1080 g/mol. The topological polar surface area (TPSA) is 64.2 Å². The van der Waals surface area contributed by atoms with Crippen LogP contribution in [-0.2, 0) is 0 Å². The first-order chi connectivity index (χ1) is 36.5. The van der Waals surface area contributed by atoms with Crippen LogP contribution in [0.5, 0.6) is 5.75 Å². The predicted molar refractivity (Wildman–Crippen MR) is 310 cm³/mol. The molecule has 0 heterocycles. The molecule has 5 nitrogen and oxygen atoms in total. The number of unbranched alkanes of at least 4 members (excludes halogenated alkanes) is 44. The van der Waals surface area contributed by atoms with Gasteiger partial charge in [0.1, 0.15) is 7.32 Å². The van der Waals surface area contributed by atoms with Crippen LogP contribution in [0.4, 0.5) is 22.0 Å². The molecule has 0 aliphatic heterocycles. The van der Waals surface area contributed by atoms with Crippen molar-refractivity contribution in [1.82, 2.24) is 0 Å². The van der Waals surface area contributed by atoms with E-state index in [1.54, 1.807) is 9.80 Å². The smallest absolute Gasteiger partial charge is 0.205 e. The van der Waals surface area contributed by atoms with E-state index in [9.17, 15) is 32.0 Å². The zero-order valence-corrected chi connectivity index (χ0v) is 50.5. The number of quaternary nitrogens is 2. The van der Waals surface area contributed by atoms with Gasteiger partial charge in [0.2, 0.25) is 29.1 Å². The average Bonchev–Trinajstić information content (AvgIpc) is 3.40. The third kappa shape index (κ3) is 53.0. The molecule has 75 heavy (non-hydrogen) atoms. The molecule has 1 rings (SSSR count). The summed E-state index contributed by atoms with van der Waals surface area (Å²) in [4.78, 5) is 3.54. The van der Waals surface area contributed by atoms with E-state index in [-0.39, 0.29) is 0 Å². The number of nitrogens with one attached hydrogen (secondary N) is 2. The normalized spacial score (nSPS) is 11.3. The molecule has 0 saturated heterocycles. The van der Waals surface area contributed by atoms with Gasteiger partial charge in [-0.1, -0.05) is 285 Å². The lowest BCUT2D eigenvalue weighted by Crippen LogP contribution is -3.09. The van der Waals surface area contributed by atoms with E-state index in [2.05, 4.69) is 46.4 Å². The van der Waals surface area contributed by atoms with Gasteiger partial charge in [0, 0.05) is 0 Å². The standard InChI is InChI=1S/2C29H61N.C6BF5O3/c2*1-4-6-8-10-12-14-16-18-20-22-24-26-28-30(3)29-27-25-23-21-19-17-15-13-11-9-7-5-2;8-1-2(9)4(11)6(15-7(13)14)5(12)3(1)10/h2*4-29H2,1-3H3;/q;;-2/p+2. The maximum atomic E-state index is 12.6. The lowest BCUT2D eigenvalue weighted by Gasteiger charge is -2.27. The second-order valence-corrected chi connectivity index (χ2v) is 22.8. The summed E-state index contributed by atoms with van der Waals surface area (Å²) in [7, 11) is 1.63. The summed E-state index contributed by atoms with van der Waals surface area (Å²) in [6.07, 6.45) is 70.2. The fourth-order valence-corrected chi connectivity index (χ4v) is 10.1. The predicted octanol–water partition coefficient (Wildman–Crippen LogP) is 17.3. The van der Waals surface area contributed by atoms with Crippen molar-refractivity contribution in [2.75, 3.05) is 40.3 Å². The molecular weight excluding hydrogens is 951 g/mol. The van der Waals surface area contributed by atoms with Gasteiger partial charge in [-0.3, -0.25) is 0 Å². The Morgan fingerprint density at radius 1 is 0.267 bits per heavy atom. The minimum Gasteiger partial charge on any atom is -0.860 e. The van der Waals surface area contributed by atoms with Gasteiger partial charge in [-0.25, -0.2) is 13.2 Å². The molecule has 0 aliphatic carbocycles. The van der Waals surface area contributed by atoms with Crippen LogP contribution in [0.25, 0.3) is 0 Å². The molecule has 1 aromatic carbocycles. The van der Waals surface area contributed by atoms with Crippen molar-refractivity contribution in [2.24, 2.45) is 0 Å².